The van der Waals surface area contributed by atoms with Crippen LogP contribution in [0.3, 0.4) is 0 Å². The fourth-order valence-electron chi connectivity index (χ4n) is 2.39. The van der Waals surface area contributed by atoms with Gasteiger partial charge in [-0.3, -0.25) is 4.79 Å². The topological polar surface area (TPSA) is 17.1 Å². The van der Waals surface area contributed by atoms with E-state index < -0.39 is 0 Å². The number of aryl methyl sites for hydroxylation is 1. The van der Waals surface area contributed by atoms with E-state index in [-0.39, 0.29) is 5.78 Å². The lowest BCUT2D eigenvalue weighted by molar-refractivity contribution is 0.103. The molecule has 0 saturated heterocycles. The van der Waals surface area contributed by atoms with E-state index in [1.54, 1.807) is 0 Å². The number of ketones is 1. The van der Waals surface area contributed by atoms with Crippen LogP contribution in [0.25, 0.3) is 10.8 Å². The molecule has 0 saturated carbocycles. The summed E-state index contributed by atoms with van der Waals surface area (Å²) < 4.78 is 0.873. The first-order valence-corrected chi connectivity index (χ1v) is 7.25. The smallest absolute Gasteiger partial charge is 0.194 e. The zero-order valence-electron chi connectivity index (χ0n) is 11.1. The first-order valence-electron chi connectivity index (χ1n) is 6.46. The van der Waals surface area contributed by atoms with E-state index in [9.17, 15) is 4.79 Å². The SMILES string of the molecule is Cc1cccc(C(=O)c2cccc3ccccc23)c1Br. The third-order valence-corrected chi connectivity index (χ3v) is 4.52. The average molecular weight is 325 g/mol. The Labute approximate surface area is 126 Å². The van der Waals surface area contributed by atoms with Crippen LogP contribution >= 0.6 is 15.9 Å². The molecule has 2 heteroatoms. The second kappa shape index (κ2) is 5.22. The van der Waals surface area contributed by atoms with Crippen LogP contribution in [0, 0.1) is 6.92 Å². The highest BCUT2D eigenvalue weighted by molar-refractivity contribution is 9.10. The van der Waals surface area contributed by atoms with E-state index in [1.165, 1.54) is 0 Å². The summed E-state index contributed by atoms with van der Waals surface area (Å²) in [6.07, 6.45) is 0. The first-order chi connectivity index (χ1) is 9.68. The molecule has 0 aromatic heterocycles. The Morgan fingerprint density at radius 2 is 1.50 bits per heavy atom. The molecule has 3 aromatic carbocycles. The molecule has 0 unspecified atom stereocenters. The molecule has 0 fully saturated rings. The van der Waals surface area contributed by atoms with E-state index in [4.69, 9.17) is 0 Å². The van der Waals surface area contributed by atoms with Gasteiger partial charge in [0, 0.05) is 15.6 Å². The Balaban J connectivity index is 2.21. The van der Waals surface area contributed by atoms with Gasteiger partial charge in [-0.15, -0.1) is 0 Å². The van der Waals surface area contributed by atoms with Crippen molar-refractivity contribution in [2.45, 2.75) is 6.92 Å². The Kier molecular flexibility index (Phi) is 3.41. The Morgan fingerprint density at radius 3 is 2.35 bits per heavy atom. The van der Waals surface area contributed by atoms with Gasteiger partial charge in [-0.25, -0.2) is 0 Å². The van der Waals surface area contributed by atoms with Gasteiger partial charge in [0.25, 0.3) is 0 Å². The van der Waals surface area contributed by atoms with Crippen molar-refractivity contribution in [3.05, 3.63) is 81.8 Å². The summed E-state index contributed by atoms with van der Waals surface area (Å²) in [5.74, 6) is 0.0531. The van der Waals surface area contributed by atoms with Crippen molar-refractivity contribution in [2.75, 3.05) is 0 Å². The van der Waals surface area contributed by atoms with Crippen molar-refractivity contribution in [3.8, 4) is 0 Å². The van der Waals surface area contributed by atoms with Crippen LogP contribution in [0.1, 0.15) is 21.5 Å². The number of halogens is 1. The summed E-state index contributed by atoms with van der Waals surface area (Å²) in [5, 5.41) is 2.08. The summed E-state index contributed by atoms with van der Waals surface area (Å²) in [5.41, 5.74) is 2.52. The lowest BCUT2D eigenvalue weighted by Crippen LogP contribution is -2.03. The number of benzene rings is 3. The fourth-order valence-corrected chi connectivity index (χ4v) is 2.84. The molecule has 0 radical (unpaired) electrons. The maximum atomic E-state index is 12.8. The minimum Gasteiger partial charge on any atom is -0.289 e. The van der Waals surface area contributed by atoms with E-state index in [2.05, 4.69) is 15.9 Å². The number of hydrogen-bond donors (Lipinski definition) is 0. The molecule has 0 bridgehead atoms. The van der Waals surface area contributed by atoms with Crippen molar-refractivity contribution in [1.82, 2.24) is 0 Å². The molecule has 0 aliphatic heterocycles. The third-order valence-electron chi connectivity index (χ3n) is 3.47. The van der Waals surface area contributed by atoms with Crippen molar-refractivity contribution < 1.29 is 4.79 Å². The summed E-state index contributed by atoms with van der Waals surface area (Å²) in [7, 11) is 0. The van der Waals surface area contributed by atoms with Gasteiger partial charge in [0.15, 0.2) is 5.78 Å². The fraction of sp³-hybridized carbons (Fsp3) is 0.0556. The molecule has 3 aromatic rings. The van der Waals surface area contributed by atoms with Gasteiger partial charge in [-0.05, 0) is 45.3 Å². The Bertz CT molecular complexity index is 800. The zero-order valence-corrected chi connectivity index (χ0v) is 12.6. The van der Waals surface area contributed by atoms with Crippen LogP contribution in [0.5, 0.6) is 0 Å². The summed E-state index contributed by atoms with van der Waals surface area (Å²) >= 11 is 3.52. The number of rotatable bonds is 2. The van der Waals surface area contributed by atoms with Crippen molar-refractivity contribution >= 4 is 32.5 Å². The normalized spacial score (nSPS) is 10.7. The van der Waals surface area contributed by atoms with Gasteiger partial charge in [0.05, 0.1) is 0 Å². The monoisotopic (exact) mass is 324 g/mol. The van der Waals surface area contributed by atoms with Gasteiger partial charge >= 0.3 is 0 Å². The quantitative estimate of drug-likeness (QED) is 0.596. The largest absolute Gasteiger partial charge is 0.289 e. The van der Waals surface area contributed by atoms with E-state index in [0.717, 1.165) is 26.4 Å². The van der Waals surface area contributed by atoms with Crippen LogP contribution < -0.4 is 0 Å². The molecule has 0 amide bonds. The predicted octanol–water partition coefficient (Wildman–Crippen LogP) is 5.14. The van der Waals surface area contributed by atoms with Gasteiger partial charge < -0.3 is 0 Å². The van der Waals surface area contributed by atoms with Gasteiger partial charge in [0.1, 0.15) is 0 Å². The third kappa shape index (κ3) is 2.16. The maximum absolute atomic E-state index is 12.8. The van der Waals surface area contributed by atoms with Crippen LogP contribution in [-0.4, -0.2) is 5.78 Å². The van der Waals surface area contributed by atoms with Crippen LogP contribution in [-0.2, 0) is 0 Å². The lowest BCUT2D eigenvalue weighted by Gasteiger charge is -2.09. The maximum Gasteiger partial charge on any atom is 0.194 e. The summed E-state index contributed by atoms with van der Waals surface area (Å²) in [6.45, 7) is 1.99. The second-order valence-electron chi connectivity index (χ2n) is 4.79. The van der Waals surface area contributed by atoms with Gasteiger partial charge in [0.2, 0.25) is 0 Å². The highest BCUT2D eigenvalue weighted by Gasteiger charge is 2.15. The van der Waals surface area contributed by atoms with Crippen molar-refractivity contribution in [3.63, 3.8) is 0 Å². The molecule has 1 nitrogen and oxygen atoms in total. The second-order valence-corrected chi connectivity index (χ2v) is 5.59. The molecular formula is C18H13BrO. The Morgan fingerprint density at radius 1 is 0.850 bits per heavy atom. The molecule has 3 rings (SSSR count). The predicted molar refractivity (Wildman–Crippen MR) is 86.3 cm³/mol. The summed E-state index contributed by atoms with van der Waals surface area (Å²) in [6, 6.07) is 19.6. The number of carbonyl (C=O) groups excluding carboxylic acids is 1. The van der Waals surface area contributed by atoms with Crippen molar-refractivity contribution in [2.24, 2.45) is 0 Å². The summed E-state index contributed by atoms with van der Waals surface area (Å²) in [4.78, 5) is 12.8. The highest BCUT2D eigenvalue weighted by atomic mass is 79.9. The standard InChI is InChI=1S/C18H13BrO/c1-12-6-4-11-16(17(12)19)18(20)15-10-5-8-13-7-2-3-9-14(13)15/h2-11H,1H3. The molecule has 0 spiro atoms. The minimum atomic E-state index is 0.0531. The average Bonchev–Trinajstić information content (AvgIpc) is 2.49. The van der Waals surface area contributed by atoms with E-state index in [0.29, 0.717) is 5.56 Å². The van der Waals surface area contributed by atoms with Crippen LogP contribution in [0.15, 0.2) is 65.1 Å². The first kappa shape index (κ1) is 13.1. The molecule has 98 valence electrons. The highest BCUT2D eigenvalue weighted by Crippen LogP contribution is 2.27. The van der Waals surface area contributed by atoms with E-state index >= 15 is 0 Å². The van der Waals surface area contributed by atoms with E-state index in [1.807, 2.05) is 67.6 Å². The zero-order chi connectivity index (χ0) is 14.1. The molecule has 0 atom stereocenters. The molecule has 0 N–H and O–H groups in total. The number of carbonyl (C=O) groups is 1. The minimum absolute atomic E-state index is 0.0531. The molecule has 0 heterocycles. The molecule has 20 heavy (non-hydrogen) atoms. The van der Waals surface area contributed by atoms with Crippen LogP contribution in [0.2, 0.25) is 0 Å². The number of hydrogen-bond acceptors (Lipinski definition) is 1. The number of fused-ring (bicyclic) bond motifs is 1. The van der Waals surface area contributed by atoms with Crippen molar-refractivity contribution in [1.29, 1.82) is 0 Å². The molecule has 0 aliphatic carbocycles. The van der Waals surface area contributed by atoms with Gasteiger partial charge in [-0.2, -0.15) is 0 Å². The van der Waals surface area contributed by atoms with Crippen LogP contribution in [0.4, 0.5) is 0 Å². The lowest BCUT2D eigenvalue weighted by atomic mass is 9.96. The van der Waals surface area contributed by atoms with Gasteiger partial charge in [-0.1, -0.05) is 54.6 Å². The molecule has 0 aliphatic rings. The Hall–Kier alpha value is -1.93. The molecular weight excluding hydrogens is 312 g/mol.